The lowest BCUT2D eigenvalue weighted by atomic mass is 9.90. The van der Waals surface area contributed by atoms with Crippen molar-refractivity contribution in [3.63, 3.8) is 0 Å². The first-order chi connectivity index (χ1) is 21.6. The van der Waals surface area contributed by atoms with Crippen LogP contribution in [-0.4, -0.2) is 0 Å². The minimum absolute atomic E-state index is 0.563. The normalized spacial score (nSPS) is 11.1. The molecule has 8 aromatic rings. The van der Waals surface area contributed by atoms with E-state index in [9.17, 15) is 15.8 Å². The molecule has 0 aliphatic carbocycles. The van der Waals surface area contributed by atoms with E-state index in [2.05, 4.69) is 48.5 Å². The van der Waals surface area contributed by atoms with Gasteiger partial charge < -0.3 is 8.83 Å². The van der Waals surface area contributed by atoms with Crippen LogP contribution < -0.4 is 0 Å². The molecule has 202 valence electrons. The van der Waals surface area contributed by atoms with Crippen molar-refractivity contribution in [1.29, 1.82) is 15.8 Å². The zero-order chi connectivity index (χ0) is 29.8. The molecule has 0 aliphatic heterocycles. The zero-order valence-corrected chi connectivity index (χ0v) is 23.1. The first kappa shape index (κ1) is 25.1. The fourth-order valence-electron chi connectivity index (χ4n) is 6.10. The molecule has 8 rings (SSSR count). The van der Waals surface area contributed by atoms with Crippen LogP contribution in [-0.2, 0) is 0 Å². The molecule has 44 heavy (non-hydrogen) atoms. The molecule has 0 aliphatic rings. The topological polar surface area (TPSA) is 97.7 Å². The molecule has 0 saturated heterocycles. The van der Waals surface area contributed by atoms with Crippen LogP contribution in [0.4, 0.5) is 0 Å². The molecule has 0 unspecified atom stereocenters. The Bertz CT molecular complexity index is 2600. The Labute approximate surface area is 251 Å². The molecule has 6 aromatic carbocycles. The first-order valence-electron chi connectivity index (χ1n) is 14.0. The van der Waals surface area contributed by atoms with Crippen LogP contribution in [0.25, 0.3) is 77.3 Å². The molecule has 0 radical (unpaired) electrons. The second-order valence-corrected chi connectivity index (χ2v) is 10.7. The van der Waals surface area contributed by atoms with E-state index in [4.69, 9.17) is 8.83 Å². The van der Waals surface area contributed by atoms with Gasteiger partial charge in [0.15, 0.2) is 0 Å². The summed E-state index contributed by atoms with van der Waals surface area (Å²) in [5.74, 6) is 0. The molecule has 0 amide bonds. The molecule has 0 spiro atoms. The van der Waals surface area contributed by atoms with Gasteiger partial charge in [0.1, 0.15) is 22.3 Å². The average Bonchev–Trinajstić information content (AvgIpc) is 3.64. The maximum atomic E-state index is 9.94. The molecular weight excluding hydrogens is 542 g/mol. The number of hydrogen-bond donors (Lipinski definition) is 0. The van der Waals surface area contributed by atoms with Gasteiger partial charge in [-0.25, -0.2) is 0 Å². The van der Waals surface area contributed by atoms with Gasteiger partial charge in [0.25, 0.3) is 0 Å². The summed E-state index contributed by atoms with van der Waals surface area (Å²) in [6, 6.07) is 43.7. The zero-order valence-electron chi connectivity index (χ0n) is 23.1. The maximum absolute atomic E-state index is 9.94. The summed E-state index contributed by atoms with van der Waals surface area (Å²) in [6.07, 6.45) is 0. The molecule has 2 aromatic heterocycles. The SMILES string of the molecule is N#Cc1ccc2oc3cc(-c4cc(-c5ccccc5C#N)cc(-c5cccc6oc7ccc(C#N)cc7c56)c4)ccc3c2c1. The molecule has 2 heterocycles. The van der Waals surface area contributed by atoms with E-state index in [1.54, 1.807) is 12.1 Å². The smallest absolute Gasteiger partial charge is 0.136 e. The summed E-state index contributed by atoms with van der Waals surface area (Å²) < 4.78 is 12.4. The fraction of sp³-hybridized carbons (Fsp3) is 0. The minimum Gasteiger partial charge on any atom is -0.456 e. The minimum atomic E-state index is 0.563. The van der Waals surface area contributed by atoms with Gasteiger partial charge in [0.05, 0.1) is 34.9 Å². The Hall–Kier alpha value is -6.61. The predicted octanol–water partition coefficient (Wildman–Crippen LogP) is 10.1. The third-order valence-corrected chi connectivity index (χ3v) is 8.16. The first-order valence-corrected chi connectivity index (χ1v) is 14.0. The standard InChI is InChI=1S/C39H19N3O2/c40-20-23-8-12-35-33(14-23)32-11-10-25(19-38(32)44-35)27-16-28(30-5-2-1-4-26(30)22-42)18-29(17-27)31-6-3-7-37-39(31)34-15-24(21-41)9-13-36(34)43-37/h1-19H. The van der Waals surface area contributed by atoms with Crippen molar-refractivity contribution in [1.82, 2.24) is 0 Å². The van der Waals surface area contributed by atoms with Gasteiger partial charge in [-0.05, 0) is 112 Å². The van der Waals surface area contributed by atoms with Gasteiger partial charge in [-0.3, -0.25) is 0 Å². The highest BCUT2D eigenvalue weighted by Crippen LogP contribution is 2.41. The highest BCUT2D eigenvalue weighted by Gasteiger charge is 2.17. The largest absolute Gasteiger partial charge is 0.456 e. The van der Waals surface area contributed by atoms with Crippen molar-refractivity contribution in [2.24, 2.45) is 0 Å². The number of fused-ring (bicyclic) bond motifs is 6. The monoisotopic (exact) mass is 561 g/mol. The molecule has 5 heteroatoms. The second-order valence-electron chi connectivity index (χ2n) is 10.7. The second kappa shape index (κ2) is 9.74. The number of nitrogens with zero attached hydrogens (tertiary/aromatic N) is 3. The Morgan fingerprint density at radius 3 is 1.84 bits per heavy atom. The Morgan fingerprint density at radius 2 is 1.07 bits per heavy atom. The Balaban J connectivity index is 1.39. The van der Waals surface area contributed by atoms with Gasteiger partial charge in [0.2, 0.25) is 0 Å². The van der Waals surface area contributed by atoms with Crippen molar-refractivity contribution in [2.45, 2.75) is 0 Å². The summed E-state index contributed by atoms with van der Waals surface area (Å²) in [7, 11) is 0. The van der Waals surface area contributed by atoms with E-state index in [1.807, 2.05) is 72.8 Å². The lowest BCUT2D eigenvalue weighted by molar-refractivity contribution is 0.668. The Kier molecular flexibility index (Phi) is 5.56. The van der Waals surface area contributed by atoms with E-state index < -0.39 is 0 Å². The maximum Gasteiger partial charge on any atom is 0.136 e. The van der Waals surface area contributed by atoms with Crippen molar-refractivity contribution in [2.75, 3.05) is 0 Å². The van der Waals surface area contributed by atoms with Crippen LogP contribution in [0.5, 0.6) is 0 Å². The van der Waals surface area contributed by atoms with Gasteiger partial charge in [0, 0.05) is 21.5 Å². The quantitative estimate of drug-likeness (QED) is 0.214. The predicted molar refractivity (Wildman–Crippen MR) is 171 cm³/mol. The van der Waals surface area contributed by atoms with Gasteiger partial charge in [-0.1, -0.05) is 36.4 Å². The number of rotatable bonds is 3. The van der Waals surface area contributed by atoms with Crippen LogP contribution in [0.15, 0.2) is 124 Å². The lowest BCUT2D eigenvalue weighted by Crippen LogP contribution is -1.89. The third kappa shape index (κ3) is 3.92. The molecule has 0 N–H and O–H groups in total. The summed E-state index contributed by atoms with van der Waals surface area (Å²) in [5.41, 5.74) is 10.2. The third-order valence-electron chi connectivity index (χ3n) is 8.16. The van der Waals surface area contributed by atoms with E-state index in [-0.39, 0.29) is 0 Å². The lowest BCUT2D eigenvalue weighted by Gasteiger charge is -2.13. The highest BCUT2D eigenvalue weighted by molar-refractivity contribution is 6.13. The van der Waals surface area contributed by atoms with Crippen molar-refractivity contribution < 1.29 is 8.83 Å². The summed E-state index contributed by atoms with van der Waals surface area (Å²) in [5, 5.41) is 32.6. The molecular formula is C39H19N3O2. The van der Waals surface area contributed by atoms with Crippen LogP contribution >= 0.6 is 0 Å². The van der Waals surface area contributed by atoms with E-state index in [0.717, 1.165) is 71.7 Å². The van der Waals surface area contributed by atoms with Crippen LogP contribution in [0, 0.1) is 34.0 Å². The fourth-order valence-corrected chi connectivity index (χ4v) is 6.10. The number of benzene rings is 6. The van der Waals surface area contributed by atoms with Crippen LogP contribution in [0.2, 0.25) is 0 Å². The summed E-state index contributed by atoms with van der Waals surface area (Å²) in [6.45, 7) is 0. The number of hydrogen-bond acceptors (Lipinski definition) is 5. The van der Waals surface area contributed by atoms with Crippen molar-refractivity contribution in [3.05, 3.63) is 132 Å². The van der Waals surface area contributed by atoms with Crippen molar-refractivity contribution in [3.8, 4) is 51.6 Å². The number of furan rings is 2. The van der Waals surface area contributed by atoms with Gasteiger partial charge >= 0.3 is 0 Å². The van der Waals surface area contributed by atoms with Crippen molar-refractivity contribution >= 4 is 43.9 Å². The molecule has 0 saturated carbocycles. The van der Waals surface area contributed by atoms with Crippen LogP contribution in [0.1, 0.15) is 16.7 Å². The van der Waals surface area contributed by atoms with Crippen LogP contribution in [0.3, 0.4) is 0 Å². The van der Waals surface area contributed by atoms with Gasteiger partial charge in [-0.2, -0.15) is 15.8 Å². The highest BCUT2D eigenvalue weighted by atomic mass is 16.3. The Morgan fingerprint density at radius 1 is 0.409 bits per heavy atom. The molecule has 0 atom stereocenters. The summed E-state index contributed by atoms with van der Waals surface area (Å²) >= 11 is 0. The van der Waals surface area contributed by atoms with E-state index in [0.29, 0.717) is 22.3 Å². The van der Waals surface area contributed by atoms with E-state index in [1.165, 1.54) is 0 Å². The average molecular weight is 562 g/mol. The van der Waals surface area contributed by atoms with E-state index >= 15 is 0 Å². The molecule has 5 nitrogen and oxygen atoms in total. The van der Waals surface area contributed by atoms with Gasteiger partial charge in [-0.15, -0.1) is 0 Å². The molecule has 0 fully saturated rings. The number of nitriles is 3. The molecule has 0 bridgehead atoms. The summed E-state index contributed by atoms with van der Waals surface area (Å²) in [4.78, 5) is 0.